The van der Waals surface area contributed by atoms with Gasteiger partial charge in [-0.15, -0.1) is 0 Å². The van der Waals surface area contributed by atoms with Gasteiger partial charge in [0.25, 0.3) is 0 Å². The fourth-order valence-electron chi connectivity index (χ4n) is 2.25. The highest BCUT2D eigenvalue weighted by atomic mass is 16.3. The maximum absolute atomic E-state index is 5.53. The Morgan fingerprint density at radius 2 is 1.78 bits per heavy atom. The van der Waals surface area contributed by atoms with Crippen molar-refractivity contribution in [2.75, 3.05) is 5.43 Å². The molecule has 0 aliphatic carbocycles. The lowest BCUT2D eigenvalue weighted by Crippen LogP contribution is -2.16. The lowest BCUT2D eigenvalue weighted by atomic mass is 10.2. The molecule has 0 saturated heterocycles. The molecule has 0 atom stereocenters. The molecule has 0 fully saturated rings. The van der Waals surface area contributed by atoms with Gasteiger partial charge in [-0.2, -0.15) is 0 Å². The summed E-state index contributed by atoms with van der Waals surface area (Å²) in [4.78, 5) is 0. The lowest BCUT2D eigenvalue weighted by Gasteiger charge is -2.11. The molecule has 0 saturated carbocycles. The number of hydrogen-bond acceptors (Lipinski definition) is 2. The summed E-state index contributed by atoms with van der Waals surface area (Å²) in [6.45, 7) is 4.94. The third-order valence-corrected chi connectivity index (χ3v) is 3.26. The van der Waals surface area contributed by atoms with E-state index in [4.69, 9.17) is 4.42 Å². The van der Waals surface area contributed by atoms with Crippen molar-refractivity contribution >= 4 is 11.0 Å². The molecule has 0 spiro atoms. The van der Waals surface area contributed by atoms with E-state index in [1.165, 1.54) is 22.3 Å². The molecular formula is C15H16N2O. The van der Waals surface area contributed by atoms with Gasteiger partial charge in [-0.3, -0.25) is 4.68 Å². The summed E-state index contributed by atoms with van der Waals surface area (Å²) in [5.41, 5.74) is 7.95. The summed E-state index contributed by atoms with van der Waals surface area (Å²) in [7, 11) is 0. The third-order valence-electron chi connectivity index (χ3n) is 3.26. The molecule has 2 aromatic heterocycles. The minimum absolute atomic E-state index is 0.757. The Balaban J connectivity index is 1.85. The summed E-state index contributed by atoms with van der Waals surface area (Å²) in [5.74, 6) is 0. The van der Waals surface area contributed by atoms with Gasteiger partial charge in [-0.05, 0) is 32.0 Å². The van der Waals surface area contributed by atoms with E-state index in [9.17, 15) is 0 Å². The van der Waals surface area contributed by atoms with Gasteiger partial charge in [0.1, 0.15) is 5.58 Å². The van der Waals surface area contributed by atoms with Crippen LogP contribution in [0.25, 0.3) is 11.0 Å². The Bertz CT molecular complexity index is 659. The average molecular weight is 240 g/mol. The number of fused-ring (bicyclic) bond motifs is 1. The molecule has 3 nitrogen and oxygen atoms in total. The van der Waals surface area contributed by atoms with Crippen molar-refractivity contribution in [1.82, 2.24) is 4.68 Å². The number of aryl methyl sites for hydroxylation is 2. The van der Waals surface area contributed by atoms with E-state index in [0.29, 0.717) is 0 Å². The first-order valence-corrected chi connectivity index (χ1v) is 6.09. The maximum Gasteiger partial charge on any atom is 0.134 e. The SMILES string of the molecule is Cc1ccc(C)n1NCc1coc2ccccc12. The highest BCUT2D eigenvalue weighted by Gasteiger charge is 2.05. The number of furan rings is 1. The van der Waals surface area contributed by atoms with Crippen LogP contribution in [0.4, 0.5) is 0 Å². The highest BCUT2D eigenvalue weighted by molar-refractivity contribution is 5.80. The van der Waals surface area contributed by atoms with E-state index in [0.717, 1.165) is 12.1 Å². The number of benzene rings is 1. The molecule has 18 heavy (non-hydrogen) atoms. The van der Waals surface area contributed by atoms with Crippen LogP contribution in [-0.4, -0.2) is 4.68 Å². The molecule has 0 amide bonds. The monoisotopic (exact) mass is 240 g/mol. The normalized spacial score (nSPS) is 11.0. The fraction of sp³-hybridized carbons (Fsp3) is 0.200. The Morgan fingerprint density at radius 1 is 1.06 bits per heavy atom. The van der Waals surface area contributed by atoms with Crippen molar-refractivity contribution in [3.8, 4) is 0 Å². The predicted molar refractivity (Wildman–Crippen MR) is 73.2 cm³/mol. The van der Waals surface area contributed by atoms with Crippen molar-refractivity contribution in [3.05, 3.63) is 59.6 Å². The first-order chi connectivity index (χ1) is 8.75. The van der Waals surface area contributed by atoms with Gasteiger partial charge < -0.3 is 9.84 Å². The second kappa shape index (κ2) is 4.26. The van der Waals surface area contributed by atoms with Crippen LogP contribution in [-0.2, 0) is 6.54 Å². The van der Waals surface area contributed by atoms with Crippen LogP contribution >= 0.6 is 0 Å². The molecule has 3 heteroatoms. The number of nitrogens with zero attached hydrogens (tertiary/aromatic N) is 1. The zero-order chi connectivity index (χ0) is 12.5. The lowest BCUT2D eigenvalue weighted by molar-refractivity contribution is 0.609. The summed E-state index contributed by atoms with van der Waals surface area (Å²) < 4.78 is 7.63. The number of nitrogens with one attached hydrogen (secondary N) is 1. The number of hydrogen-bond donors (Lipinski definition) is 1. The maximum atomic E-state index is 5.53. The van der Waals surface area contributed by atoms with Crippen molar-refractivity contribution in [1.29, 1.82) is 0 Å². The largest absolute Gasteiger partial charge is 0.464 e. The topological polar surface area (TPSA) is 30.1 Å². The van der Waals surface area contributed by atoms with E-state index >= 15 is 0 Å². The molecule has 0 aliphatic rings. The summed E-state index contributed by atoms with van der Waals surface area (Å²) >= 11 is 0. The summed E-state index contributed by atoms with van der Waals surface area (Å²) in [5, 5.41) is 1.17. The Morgan fingerprint density at radius 3 is 2.56 bits per heavy atom. The Kier molecular flexibility index (Phi) is 2.59. The third kappa shape index (κ3) is 1.78. The molecule has 92 valence electrons. The van der Waals surface area contributed by atoms with E-state index in [2.05, 4.69) is 42.1 Å². The van der Waals surface area contributed by atoms with Crippen LogP contribution in [0.15, 0.2) is 47.1 Å². The molecule has 2 heterocycles. The first kappa shape index (κ1) is 11.0. The molecule has 3 rings (SSSR count). The van der Waals surface area contributed by atoms with Gasteiger partial charge in [0.15, 0.2) is 0 Å². The van der Waals surface area contributed by atoms with Crippen molar-refractivity contribution in [3.63, 3.8) is 0 Å². The second-order valence-electron chi connectivity index (χ2n) is 4.54. The Hall–Kier alpha value is -2.16. The Labute approximate surface area is 106 Å². The molecule has 0 aliphatic heterocycles. The van der Waals surface area contributed by atoms with Crippen molar-refractivity contribution in [2.24, 2.45) is 0 Å². The second-order valence-corrected chi connectivity index (χ2v) is 4.54. The van der Waals surface area contributed by atoms with Gasteiger partial charge in [0.05, 0.1) is 12.8 Å². The fourth-order valence-corrected chi connectivity index (χ4v) is 2.25. The minimum Gasteiger partial charge on any atom is -0.464 e. The van der Waals surface area contributed by atoms with E-state index in [-0.39, 0.29) is 0 Å². The summed E-state index contributed by atoms with van der Waals surface area (Å²) in [6, 6.07) is 12.3. The van der Waals surface area contributed by atoms with Crippen LogP contribution in [0.3, 0.4) is 0 Å². The highest BCUT2D eigenvalue weighted by Crippen LogP contribution is 2.20. The van der Waals surface area contributed by atoms with Gasteiger partial charge in [0.2, 0.25) is 0 Å². The standard InChI is InChI=1S/C15H16N2O/c1-11-7-8-12(2)17(11)16-9-13-10-18-15-6-4-3-5-14(13)15/h3-8,10,16H,9H2,1-2H3. The molecule has 0 unspecified atom stereocenters. The number of para-hydroxylation sites is 1. The van der Waals surface area contributed by atoms with Crippen LogP contribution < -0.4 is 5.43 Å². The first-order valence-electron chi connectivity index (χ1n) is 6.09. The van der Waals surface area contributed by atoms with Gasteiger partial charge in [0, 0.05) is 22.3 Å². The molecule has 0 bridgehead atoms. The van der Waals surface area contributed by atoms with Crippen LogP contribution in [0.2, 0.25) is 0 Å². The predicted octanol–water partition coefficient (Wildman–Crippen LogP) is 3.59. The van der Waals surface area contributed by atoms with Gasteiger partial charge >= 0.3 is 0 Å². The number of rotatable bonds is 3. The molecule has 1 aromatic carbocycles. The van der Waals surface area contributed by atoms with Crippen molar-refractivity contribution < 1.29 is 4.42 Å². The smallest absolute Gasteiger partial charge is 0.134 e. The zero-order valence-corrected chi connectivity index (χ0v) is 10.6. The average Bonchev–Trinajstić information content (AvgIpc) is 2.93. The van der Waals surface area contributed by atoms with Crippen molar-refractivity contribution in [2.45, 2.75) is 20.4 Å². The van der Waals surface area contributed by atoms with Crippen LogP contribution in [0.1, 0.15) is 17.0 Å². The number of aromatic nitrogens is 1. The zero-order valence-electron chi connectivity index (χ0n) is 10.6. The molecule has 1 N–H and O–H groups in total. The molecule has 3 aromatic rings. The quantitative estimate of drug-likeness (QED) is 0.758. The van der Waals surface area contributed by atoms with E-state index in [1.54, 1.807) is 0 Å². The molecular weight excluding hydrogens is 224 g/mol. The van der Waals surface area contributed by atoms with Gasteiger partial charge in [-0.25, -0.2) is 0 Å². The van der Waals surface area contributed by atoms with Gasteiger partial charge in [-0.1, -0.05) is 18.2 Å². The summed E-state index contributed by atoms with van der Waals surface area (Å²) in [6.07, 6.45) is 1.83. The van der Waals surface area contributed by atoms with Crippen LogP contribution in [0, 0.1) is 13.8 Å². The van der Waals surface area contributed by atoms with E-state index < -0.39 is 0 Å². The van der Waals surface area contributed by atoms with E-state index in [1.807, 2.05) is 24.5 Å². The van der Waals surface area contributed by atoms with Crippen LogP contribution in [0.5, 0.6) is 0 Å². The molecule has 0 radical (unpaired) electrons. The minimum atomic E-state index is 0.757.